The average Bonchev–Trinajstić information content (AvgIpc) is 2.35. The van der Waals surface area contributed by atoms with E-state index in [2.05, 4.69) is 5.32 Å². The average molecular weight is 298 g/mol. The third-order valence-corrected chi connectivity index (χ3v) is 2.87. The lowest BCUT2D eigenvalue weighted by molar-refractivity contribution is -0.387. The summed E-state index contributed by atoms with van der Waals surface area (Å²) in [5.74, 6) is 0. The Morgan fingerprint density at radius 2 is 1.90 bits per heavy atom. The van der Waals surface area contributed by atoms with Crippen LogP contribution in [0.2, 0.25) is 0 Å². The van der Waals surface area contributed by atoms with Crippen molar-refractivity contribution < 1.29 is 4.92 Å². The lowest BCUT2D eigenvalue weighted by atomic mass is 10.1. The zero-order valence-electron chi connectivity index (χ0n) is 12.9. The quantitative estimate of drug-likeness (QED) is 0.616. The van der Waals surface area contributed by atoms with Gasteiger partial charge in [-0.3, -0.25) is 24.0 Å². The highest BCUT2D eigenvalue weighted by atomic mass is 16.6. The molecule has 0 spiro atoms. The maximum atomic E-state index is 12.2. The second-order valence-corrected chi connectivity index (χ2v) is 5.88. The van der Waals surface area contributed by atoms with E-state index in [1.165, 1.54) is 4.57 Å². The van der Waals surface area contributed by atoms with E-state index in [0.29, 0.717) is 19.5 Å². The van der Waals surface area contributed by atoms with Crippen molar-refractivity contribution in [2.45, 2.75) is 52.7 Å². The second-order valence-electron chi connectivity index (χ2n) is 5.88. The van der Waals surface area contributed by atoms with Crippen molar-refractivity contribution in [3.8, 4) is 0 Å². The van der Waals surface area contributed by atoms with Gasteiger partial charge < -0.3 is 5.32 Å². The van der Waals surface area contributed by atoms with Crippen LogP contribution < -0.4 is 16.6 Å². The van der Waals surface area contributed by atoms with Crippen LogP contribution in [0.25, 0.3) is 0 Å². The standard InChI is InChI=1S/C13H22N4O4/c1-5-7-15-9-10(17(20)21)11(18)16(12(15)19)8-6-14-13(2,3)4/h9,14H,5-8H2,1-4H3. The van der Waals surface area contributed by atoms with Gasteiger partial charge in [-0.1, -0.05) is 6.92 Å². The fourth-order valence-electron chi connectivity index (χ4n) is 1.90. The highest BCUT2D eigenvalue weighted by Crippen LogP contribution is 2.02. The van der Waals surface area contributed by atoms with E-state index in [1.807, 2.05) is 27.7 Å². The number of rotatable bonds is 6. The van der Waals surface area contributed by atoms with E-state index in [1.54, 1.807) is 0 Å². The largest absolute Gasteiger partial charge is 0.350 e. The fourth-order valence-corrected chi connectivity index (χ4v) is 1.90. The Balaban J connectivity index is 3.19. The molecule has 1 heterocycles. The second kappa shape index (κ2) is 6.66. The van der Waals surface area contributed by atoms with Crippen LogP contribution in [0.4, 0.5) is 5.69 Å². The first-order chi connectivity index (χ1) is 9.67. The molecule has 0 aliphatic carbocycles. The highest BCUT2D eigenvalue weighted by molar-refractivity contribution is 5.21. The molecule has 8 heteroatoms. The van der Waals surface area contributed by atoms with Crippen LogP contribution in [0.3, 0.4) is 0 Å². The van der Waals surface area contributed by atoms with Gasteiger partial charge in [0.25, 0.3) is 0 Å². The third kappa shape index (κ3) is 4.52. The van der Waals surface area contributed by atoms with Crippen molar-refractivity contribution in [3.05, 3.63) is 37.1 Å². The first kappa shape index (κ1) is 17.1. The zero-order chi connectivity index (χ0) is 16.2. The summed E-state index contributed by atoms with van der Waals surface area (Å²) in [5.41, 5.74) is -2.10. The minimum absolute atomic E-state index is 0.0976. The first-order valence-electron chi connectivity index (χ1n) is 6.91. The first-order valence-corrected chi connectivity index (χ1v) is 6.91. The van der Waals surface area contributed by atoms with E-state index >= 15 is 0 Å². The van der Waals surface area contributed by atoms with Gasteiger partial charge in [-0.05, 0) is 27.2 Å². The topological polar surface area (TPSA) is 99.2 Å². The van der Waals surface area contributed by atoms with Gasteiger partial charge in [0, 0.05) is 25.2 Å². The number of aryl methyl sites for hydroxylation is 1. The smallest absolute Gasteiger partial charge is 0.310 e. The van der Waals surface area contributed by atoms with Crippen LogP contribution in [0, 0.1) is 10.1 Å². The van der Waals surface area contributed by atoms with E-state index in [4.69, 9.17) is 0 Å². The van der Waals surface area contributed by atoms with Gasteiger partial charge in [0.05, 0.1) is 11.1 Å². The molecule has 0 radical (unpaired) electrons. The van der Waals surface area contributed by atoms with Gasteiger partial charge in [0.1, 0.15) is 0 Å². The number of hydrogen-bond donors (Lipinski definition) is 1. The van der Waals surface area contributed by atoms with Crippen LogP contribution in [-0.2, 0) is 13.1 Å². The molecule has 0 bridgehead atoms. The number of nitro groups is 1. The van der Waals surface area contributed by atoms with Crippen LogP contribution in [0.1, 0.15) is 34.1 Å². The molecule has 0 saturated carbocycles. The van der Waals surface area contributed by atoms with E-state index < -0.39 is 21.9 Å². The van der Waals surface area contributed by atoms with E-state index in [-0.39, 0.29) is 12.1 Å². The fraction of sp³-hybridized carbons (Fsp3) is 0.692. The normalized spacial score (nSPS) is 11.6. The predicted molar refractivity (Wildman–Crippen MR) is 79.7 cm³/mol. The Bertz CT molecular complexity index is 625. The van der Waals surface area contributed by atoms with Gasteiger partial charge in [-0.2, -0.15) is 0 Å². The molecule has 21 heavy (non-hydrogen) atoms. The SMILES string of the molecule is CCCn1cc([N+](=O)[O-])c(=O)n(CCNC(C)(C)C)c1=O. The summed E-state index contributed by atoms with van der Waals surface area (Å²) in [4.78, 5) is 34.4. The van der Waals surface area contributed by atoms with E-state index in [0.717, 1.165) is 10.8 Å². The maximum absolute atomic E-state index is 12.2. The van der Waals surface area contributed by atoms with Crippen molar-refractivity contribution in [1.82, 2.24) is 14.5 Å². The van der Waals surface area contributed by atoms with Crippen LogP contribution in [0.15, 0.2) is 15.8 Å². The van der Waals surface area contributed by atoms with Crippen molar-refractivity contribution in [2.24, 2.45) is 0 Å². The highest BCUT2D eigenvalue weighted by Gasteiger charge is 2.19. The number of aromatic nitrogens is 2. The zero-order valence-corrected chi connectivity index (χ0v) is 12.9. The molecule has 1 N–H and O–H groups in total. The minimum atomic E-state index is -0.854. The number of hydrogen-bond acceptors (Lipinski definition) is 5. The minimum Gasteiger partial charge on any atom is -0.310 e. The van der Waals surface area contributed by atoms with Gasteiger partial charge >= 0.3 is 16.9 Å². The summed E-state index contributed by atoms with van der Waals surface area (Å²) in [6, 6.07) is 0. The predicted octanol–water partition coefficient (Wildman–Crippen LogP) is 0.716. The Kier molecular flexibility index (Phi) is 5.42. The molecule has 0 fully saturated rings. The molecular formula is C13H22N4O4. The molecule has 0 amide bonds. The third-order valence-electron chi connectivity index (χ3n) is 2.87. The van der Waals surface area contributed by atoms with Crippen molar-refractivity contribution in [2.75, 3.05) is 6.54 Å². The Morgan fingerprint density at radius 3 is 2.38 bits per heavy atom. The molecule has 118 valence electrons. The number of nitrogens with one attached hydrogen (secondary N) is 1. The summed E-state index contributed by atoms with van der Waals surface area (Å²) in [7, 11) is 0. The molecule has 8 nitrogen and oxygen atoms in total. The van der Waals surface area contributed by atoms with Gasteiger partial charge in [0.15, 0.2) is 0 Å². The molecule has 1 aromatic rings. The monoisotopic (exact) mass is 298 g/mol. The molecule has 0 unspecified atom stereocenters. The van der Waals surface area contributed by atoms with Crippen molar-refractivity contribution >= 4 is 5.69 Å². The summed E-state index contributed by atoms with van der Waals surface area (Å²) < 4.78 is 2.14. The van der Waals surface area contributed by atoms with Crippen molar-refractivity contribution in [1.29, 1.82) is 0 Å². The summed E-state index contributed by atoms with van der Waals surface area (Å²) in [5, 5.41) is 14.1. The molecule has 0 aliphatic rings. The maximum Gasteiger partial charge on any atom is 0.350 e. The Morgan fingerprint density at radius 1 is 1.29 bits per heavy atom. The molecule has 1 aromatic heterocycles. The molecule has 0 aliphatic heterocycles. The number of nitrogens with zero attached hydrogens (tertiary/aromatic N) is 3. The van der Waals surface area contributed by atoms with Gasteiger partial charge in [-0.15, -0.1) is 0 Å². The molecule has 1 rings (SSSR count). The lowest BCUT2D eigenvalue weighted by Gasteiger charge is -2.20. The summed E-state index contributed by atoms with van der Waals surface area (Å²) >= 11 is 0. The summed E-state index contributed by atoms with van der Waals surface area (Å²) in [6.07, 6.45) is 1.68. The molecule has 0 aromatic carbocycles. The Labute approximate surface area is 122 Å². The molecule has 0 atom stereocenters. The van der Waals surface area contributed by atoms with Crippen LogP contribution in [-0.4, -0.2) is 26.1 Å². The Hall–Kier alpha value is -1.96. The van der Waals surface area contributed by atoms with E-state index in [9.17, 15) is 19.7 Å². The molecular weight excluding hydrogens is 276 g/mol. The lowest BCUT2D eigenvalue weighted by Crippen LogP contribution is -2.45. The molecule has 0 saturated heterocycles. The van der Waals surface area contributed by atoms with Crippen molar-refractivity contribution in [3.63, 3.8) is 0 Å². The van der Waals surface area contributed by atoms with Gasteiger partial charge in [0.2, 0.25) is 0 Å². The van der Waals surface area contributed by atoms with Crippen LogP contribution >= 0.6 is 0 Å². The summed E-state index contributed by atoms with van der Waals surface area (Å²) in [6.45, 7) is 8.55. The van der Waals surface area contributed by atoms with Gasteiger partial charge in [-0.25, -0.2) is 4.79 Å². The van der Waals surface area contributed by atoms with Crippen LogP contribution in [0.5, 0.6) is 0 Å².